The maximum Gasteiger partial charge on any atom is 0.393 e. The van der Waals surface area contributed by atoms with Gasteiger partial charge in [0, 0.05) is 19.2 Å². The zero-order valence-electron chi connectivity index (χ0n) is 13.3. The van der Waals surface area contributed by atoms with Crippen LogP contribution in [0.25, 0.3) is 0 Å². The van der Waals surface area contributed by atoms with Crippen molar-refractivity contribution < 1.29 is 22.8 Å². The van der Waals surface area contributed by atoms with Crippen LogP contribution in [0.5, 0.6) is 0 Å². The molecule has 1 unspecified atom stereocenters. The van der Waals surface area contributed by atoms with Crippen molar-refractivity contribution >= 4 is 11.7 Å². The van der Waals surface area contributed by atoms with E-state index in [1.807, 2.05) is 0 Å². The minimum absolute atomic E-state index is 0.00965. The van der Waals surface area contributed by atoms with Crippen molar-refractivity contribution in [2.24, 2.45) is 0 Å². The highest BCUT2D eigenvalue weighted by Crippen LogP contribution is 2.26. The van der Waals surface area contributed by atoms with Crippen molar-refractivity contribution in [2.75, 3.05) is 0 Å². The molecule has 3 rings (SSSR count). The molecule has 0 aliphatic carbocycles. The summed E-state index contributed by atoms with van der Waals surface area (Å²) in [6, 6.07) is 9.04. The van der Waals surface area contributed by atoms with Gasteiger partial charge >= 0.3 is 6.18 Å². The third-order valence-corrected chi connectivity index (χ3v) is 4.31. The average Bonchev–Trinajstić information content (AvgIpc) is 3.03. The van der Waals surface area contributed by atoms with Crippen LogP contribution < -0.4 is 5.32 Å². The first-order valence-electron chi connectivity index (χ1n) is 7.96. The number of alkyl halides is 3. The molecule has 1 amide bonds. The lowest BCUT2D eigenvalue weighted by atomic mass is 10.0. The van der Waals surface area contributed by atoms with Crippen LogP contribution >= 0.6 is 0 Å². The molecule has 1 N–H and O–H groups in total. The molecule has 4 nitrogen and oxygen atoms in total. The number of hydrogen-bond donors (Lipinski definition) is 1. The van der Waals surface area contributed by atoms with E-state index < -0.39 is 18.6 Å². The number of carbonyl (C=O) groups is 2. The third-order valence-electron chi connectivity index (χ3n) is 4.31. The molecular weight excluding hydrogens is 333 g/mol. The van der Waals surface area contributed by atoms with Crippen LogP contribution in [0.3, 0.4) is 0 Å². The molecular formula is C18H17F3N2O2. The Morgan fingerprint density at radius 3 is 2.60 bits per heavy atom. The number of nitrogens with zero attached hydrogens (tertiary/aromatic N) is 1. The molecule has 0 spiro atoms. The van der Waals surface area contributed by atoms with E-state index >= 15 is 0 Å². The molecule has 7 heteroatoms. The standard InChI is InChI=1S/C18H17F3N2O2/c19-18(20,21)10-12-4-1-2-5-13(12)11-22-17(25)15-7-8-16(24)14-6-3-9-23(14)15/h1-6,9,15H,7-8,10-11H2,(H,22,25). The fraction of sp³-hybridized carbons (Fsp3) is 0.333. The van der Waals surface area contributed by atoms with Crippen LogP contribution in [0, 0.1) is 0 Å². The zero-order valence-corrected chi connectivity index (χ0v) is 13.3. The lowest BCUT2D eigenvalue weighted by molar-refractivity contribution is -0.127. The molecule has 0 saturated heterocycles. The van der Waals surface area contributed by atoms with Gasteiger partial charge in [0.05, 0.1) is 12.1 Å². The van der Waals surface area contributed by atoms with E-state index in [1.54, 1.807) is 41.1 Å². The Kier molecular flexibility index (Phi) is 4.65. The molecule has 1 aliphatic rings. The Morgan fingerprint density at radius 2 is 1.88 bits per heavy atom. The van der Waals surface area contributed by atoms with Crippen LogP contribution in [0.2, 0.25) is 0 Å². The van der Waals surface area contributed by atoms with Crippen LogP contribution in [0.1, 0.15) is 40.5 Å². The summed E-state index contributed by atoms with van der Waals surface area (Å²) < 4.78 is 39.6. The second kappa shape index (κ2) is 6.74. The first kappa shape index (κ1) is 17.3. The van der Waals surface area contributed by atoms with E-state index in [2.05, 4.69) is 5.32 Å². The van der Waals surface area contributed by atoms with Gasteiger partial charge in [-0.3, -0.25) is 9.59 Å². The van der Waals surface area contributed by atoms with Gasteiger partial charge in [-0.15, -0.1) is 0 Å². The van der Waals surface area contributed by atoms with Gasteiger partial charge in [0.15, 0.2) is 5.78 Å². The van der Waals surface area contributed by atoms with Gasteiger partial charge in [0.1, 0.15) is 6.04 Å². The Balaban J connectivity index is 1.70. The molecule has 0 fully saturated rings. The smallest absolute Gasteiger partial charge is 0.350 e. The van der Waals surface area contributed by atoms with E-state index in [1.165, 1.54) is 6.07 Å². The molecule has 0 saturated carbocycles. The van der Waals surface area contributed by atoms with E-state index in [-0.39, 0.29) is 30.2 Å². The minimum Gasteiger partial charge on any atom is -0.350 e. The second-order valence-electron chi connectivity index (χ2n) is 6.06. The fourth-order valence-corrected chi connectivity index (χ4v) is 3.11. The molecule has 1 aromatic heterocycles. The van der Waals surface area contributed by atoms with E-state index in [0.29, 0.717) is 17.7 Å². The highest BCUT2D eigenvalue weighted by molar-refractivity contribution is 5.97. The number of rotatable bonds is 4. The maximum atomic E-state index is 12.7. The number of benzene rings is 1. The molecule has 2 aromatic rings. The quantitative estimate of drug-likeness (QED) is 0.919. The predicted molar refractivity (Wildman–Crippen MR) is 85.1 cm³/mol. The van der Waals surface area contributed by atoms with E-state index in [0.717, 1.165) is 0 Å². The predicted octanol–water partition coefficient (Wildman–Crippen LogP) is 3.43. The topological polar surface area (TPSA) is 51.1 Å². The van der Waals surface area contributed by atoms with Crippen LogP contribution in [-0.4, -0.2) is 22.4 Å². The van der Waals surface area contributed by atoms with Gasteiger partial charge in [-0.25, -0.2) is 0 Å². The largest absolute Gasteiger partial charge is 0.393 e. The van der Waals surface area contributed by atoms with Gasteiger partial charge in [-0.2, -0.15) is 13.2 Å². The van der Waals surface area contributed by atoms with Crippen LogP contribution in [0.15, 0.2) is 42.6 Å². The highest BCUT2D eigenvalue weighted by Gasteiger charge is 2.30. The lowest BCUT2D eigenvalue weighted by Gasteiger charge is -2.24. The minimum atomic E-state index is -4.30. The van der Waals surface area contributed by atoms with E-state index in [4.69, 9.17) is 0 Å². The number of halogens is 3. The third kappa shape index (κ3) is 3.92. The summed E-state index contributed by atoms with van der Waals surface area (Å²) in [4.78, 5) is 24.3. The Labute approximate surface area is 142 Å². The molecule has 2 heterocycles. The Hall–Kier alpha value is -2.57. The second-order valence-corrected chi connectivity index (χ2v) is 6.06. The van der Waals surface area contributed by atoms with Crippen molar-refractivity contribution in [3.63, 3.8) is 0 Å². The first-order chi connectivity index (χ1) is 11.8. The number of Topliss-reactive ketones (excluding diaryl/α,β-unsaturated/α-hetero) is 1. The van der Waals surface area contributed by atoms with Gasteiger partial charge in [-0.05, 0) is 29.7 Å². The molecule has 1 aromatic carbocycles. The van der Waals surface area contributed by atoms with Crippen molar-refractivity contribution in [1.82, 2.24) is 9.88 Å². The Bertz CT molecular complexity index is 796. The summed E-state index contributed by atoms with van der Waals surface area (Å²) in [6.07, 6.45) is -2.99. The van der Waals surface area contributed by atoms with Crippen LogP contribution in [-0.2, 0) is 17.8 Å². The zero-order chi connectivity index (χ0) is 18.0. The van der Waals surface area contributed by atoms with Gasteiger partial charge in [0.25, 0.3) is 0 Å². The Morgan fingerprint density at radius 1 is 1.16 bits per heavy atom. The van der Waals surface area contributed by atoms with Crippen molar-refractivity contribution in [3.8, 4) is 0 Å². The highest BCUT2D eigenvalue weighted by atomic mass is 19.4. The van der Waals surface area contributed by atoms with Gasteiger partial charge in [-0.1, -0.05) is 24.3 Å². The fourth-order valence-electron chi connectivity index (χ4n) is 3.11. The summed E-state index contributed by atoms with van der Waals surface area (Å²) >= 11 is 0. The molecule has 132 valence electrons. The molecule has 25 heavy (non-hydrogen) atoms. The SMILES string of the molecule is O=C1CCC(C(=O)NCc2ccccc2CC(F)(F)F)n2cccc21. The van der Waals surface area contributed by atoms with Gasteiger partial charge in [0.2, 0.25) is 5.91 Å². The maximum absolute atomic E-state index is 12.7. The lowest BCUT2D eigenvalue weighted by Crippen LogP contribution is -2.36. The van der Waals surface area contributed by atoms with Crippen molar-refractivity contribution in [1.29, 1.82) is 0 Å². The number of ketones is 1. The number of fused-ring (bicyclic) bond motifs is 1. The van der Waals surface area contributed by atoms with Crippen molar-refractivity contribution in [3.05, 3.63) is 59.4 Å². The number of hydrogen-bond acceptors (Lipinski definition) is 2. The molecule has 0 radical (unpaired) electrons. The van der Waals surface area contributed by atoms with E-state index in [9.17, 15) is 22.8 Å². The average molecular weight is 350 g/mol. The number of aromatic nitrogens is 1. The number of nitrogens with one attached hydrogen (secondary N) is 1. The normalized spacial score (nSPS) is 17.2. The monoisotopic (exact) mass is 350 g/mol. The summed E-state index contributed by atoms with van der Waals surface area (Å²) in [5, 5.41) is 2.70. The summed E-state index contributed by atoms with van der Waals surface area (Å²) in [5.74, 6) is -0.309. The molecule has 1 aliphatic heterocycles. The number of carbonyl (C=O) groups excluding carboxylic acids is 2. The number of amides is 1. The summed E-state index contributed by atoms with van der Waals surface area (Å²) in [7, 11) is 0. The van der Waals surface area contributed by atoms with Crippen LogP contribution in [0.4, 0.5) is 13.2 Å². The molecule has 1 atom stereocenters. The summed E-state index contributed by atoms with van der Waals surface area (Å²) in [6.45, 7) is 0.0200. The van der Waals surface area contributed by atoms with Crippen molar-refractivity contribution in [2.45, 2.75) is 38.0 Å². The summed E-state index contributed by atoms with van der Waals surface area (Å²) in [5.41, 5.74) is 1.08. The van der Waals surface area contributed by atoms with Gasteiger partial charge < -0.3 is 9.88 Å². The molecule has 0 bridgehead atoms. The first-order valence-corrected chi connectivity index (χ1v) is 7.96.